The summed E-state index contributed by atoms with van der Waals surface area (Å²) in [5.74, 6) is -1.46. The van der Waals surface area contributed by atoms with Crippen LogP contribution in [0.2, 0.25) is 0 Å². The number of hydrogen-bond acceptors (Lipinski definition) is 5. The maximum absolute atomic E-state index is 13.3. The van der Waals surface area contributed by atoms with Crippen molar-refractivity contribution < 1.29 is 21.9 Å². The number of halogens is 1. The normalized spacial score (nSPS) is 13.8. The Bertz CT molecular complexity index is 953. The summed E-state index contributed by atoms with van der Waals surface area (Å²) in [6.07, 6.45) is 2.19. The van der Waals surface area contributed by atoms with Crippen molar-refractivity contribution in [2.75, 3.05) is 0 Å². The molecule has 0 spiro atoms. The molecule has 124 valence electrons. The monoisotopic (exact) mass is 349 g/mol. The maximum Gasteiger partial charge on any atom is 0.335 e. The summed E-state index contributed by atoms with van der Waals surface area (Å²) >= 11 is 0. The van der Waals surface area contributed by atoms with E-state index in [1.807, 2.05) is 12.1 Å². The molecule has 6 nitrogen and oxygen atoms in total. The van der Waals surface area contributed by atoms with Crippen LogP contribution in [0.25, 0.3) is 6.08 Å². The second-order valence-corrected chi connectivity index (χ2v) is 6.82. The third kappa shape index (κ3) is 3.13. The van der Waals surface area contributed by atoms with E-state index in [1.165, 1.54) is 6.08 Å². The molecule has 0 saturated carbocycles. The smallest absolute Gasteiger partial charge is 0.335 e. The summed E-state index contributed by atoms with van der Waals surface area (Å²) in [6, 6.07) is 9.73. The Balaban J connectivity index is 1.98. The van der Waals surface area contributed by atoms with Gasteiger partial charge in [0.2, 0.25) is 5.75 Å². The fraction of sp³-hybridized carbons (Fsp3) is 0.125. The lowest BCUT2D eigenvalue weighted by molar-refractivity contribution is -0.385. The Morgan fingerprint density at radius 3 is 2.62 bits per heavy atom. The van der Waals surface area contributed by atoms with Gasteiger partial charge < -0.3 is 4.18 Å². The largest absolute Gasteiger partial charge is 0.372 e. The zero-order valence-electron chi connectivity index (χ0n) is 12.3. The highest BCUT2D eigenvalue weighted by molar-refractivity contribution is 7.91. The van der Waals surface area contributed by atoms with E-state index in [9.17, 15) is 22.9 Å². The van der Waals surface area contributed by atoms with Gasteiger partial charge in [-0.1, -0.05) is 24.3 Å². The molecule has 8 heteroatoms. The molecule has 2 aromatic carbocycles. The molecule has 0 saturated heterocycles. The van der Waals surface area contributed by atoms with Crippen molar-refractivity contribution in [3.8, 4) is 5.75 Å². The van der Waals surface area contributed by atoms with Gasteiger partial charge in [0.1, 0.15) is 5.82 Å². The van der Waals surface area contributed by atoms with E-state index in [0.29, 0.717) is 12.5 Å². The van der Waals surface area contributed by atoms with Crippen LogP contribution >= 0.6 is 0 Å². The Morgan fingerprint density at radius 1 is 1.12 bits per heavy atom. The van der Waals surface area contributed by atoms with Gasteiger partial charge >= 0.3 is 15.8 Å². The molecule has 0 radical (unpaired) electrons. The average molecular weight is 349 g/mol. The minimum absolute atomic E-state index is 0.000223. The second-order valence-electron chi connectivity index (χ2n) is 5.22. The second kappa shape index (κ2) is 6.04. The molecule has 1 aliphatic rings. The van der Waals surface area contributed by atoms with Crippen LogP contribution in [0, 0.1) is 15.9 Å². The standard InChI is InChI=1S/C16H12FNO5S/c17-13-6-8-15(18(19)20)16(10-13)23-24(21,22)14-7-5-11-3-1-2-4-12(11)9-14/h1-4,6,8-10H,5,7H2. The number of allylic oxidation sites excluding steroid dienone is 1. The topological polar surface area (TPSA) is 86.5 Å². The van der Waals surface area contributed by atoms with Crippen LogP contribution in [0.3, 0.4) is 0 Å². The molecule has 0 aromatic heterocycles. The third-order valence-corrected chi connectivity index (χ3v) is 5.01. The molecule has 0 amide bonds. The van der Waals surface area contributed by atoms with Gasteiger partial charge in [0.05, 0.1) is 9.83 Å². The first kappa shape index (κ1) is 16.1. The molecule has 0 unspecified atom stereocenters. The highest BCUT2D eigenvalue weighted by Crippen LogP contribution is 2.33. The molecule has 3 rings (SSSR count). The first-order chi connectivity index (χ1) is 11.4. The van der Waals surface area contributed by atoms with Crippen LogP contribution in [-0.4, -0.2) is 13.3 Å². The van der Waals surface area contributed by atoms with Crippen LogP contribution in [0.4, 0.5) is 10.1 Å². The van der Waals surface area contributed by atoms with Gasteiger partial charge in [-0.15, -0.1) is 0 Å². The highest BCUT2D eigenvalue weighted by atomic mass is 32.2. The molecule has 0 heterocycles. The lowest BCUT2D eigenvalue weighted by Gasteiger charge is -2.16. The van der Waals surface area contributed by atoms with Crippen molar-refractivity contribution in [1.29, 1.82) is 0 Å². The Kier molecular flexibility index (Phi) is 4.06. The van der Waals surface area contributed by atoms with Crippen molar-refractivity contribution in [3.63, 3.8) is 0 Å². The molecular formula is C16H12FNO5S. The van der Waals surface area contributed by atoms with Crippen molar-refractivity contribution in [1.82, 2.24) is 0 Å². The number of nitro groups is 1. The maximum atomic E-state index is 13.3. The fourth-order valence-corrected chi connectivity index (χ4v) is 3.58. The molecule has 0 N–H and O–H groups in total. The molecule has 1 aliphatic carbocycles. The zero-order valence-corrected chi connectivity index (χ0v) is 13.1. The zero-order chi connectivity index (χ0) is 17.3. The first-order valence-electron chi connectivity index (χ1n) is 7.04. The minimum Gasteiger partial charge on any atom is -0.372 e. The van der Waals surface area contributed by atoms with Gasteiger partial charge in [-0.05, 0) is 36.1 Å². The van der Waals surface area contributed by atoms with Gasteiger partial charge in [0.15, 0.2) is 0 Å². The van der Waals surface area contributed by atoms with Gasteiger partial charge in [-0.3, -0.25) is 10.1 Å². The van der Waals surface area contributed by atoms with E-state index in [-0.39, 0.29) is 11.3 Å². The molecule has 2 aromatic rings. The molecular weight excluding hydrogens is 337 g/mol. The SMILES string of the molecule is O=[N+]([O-])c1ccc(F)cc1OS(=O)(=O)C1=Cc2ccccc2CC1. The van der Waals surface area contributed by atoms with Crippen LogP contribution in [-0.2, 0) is 16.5 Å². The number of nitrogens with zero attached hydrogens (tertiary/aromatic N) is 1. The Labute approximate surface area is 137 Å². The van der Waals surface area contributed by atoms with E-state index in [1.54, 1.807) is 12.1 Å². The third-order valence-electron chi connectivity index (χ3n) is 3.65. The van der Waals surface area contributed by atoms with Crippen LogP contribution in [0.5, 0.6) is 5.75 Å². The number of benzene rings is 2. The summed E-state index contributed by atoms with van der Waals surface area (Å²) in [5.41, 5.74) is 1.14. The van der Waals surface area contributed by atoms with Crippen molar-refractivity contribution in [3.05, 3.63) is 74.4 Å². The van der Waals surface area contributed by atoms with Gasteiger partial charge in [-0.2, -0.15) is 8.42 Å². The van der Waals surface area contributed by atoms with Crippen LogP contribution < -0.4 is 4.18 Å². The fourth-order valence-electron chi connectivity index (χ4n) is 2.48. The summed E-state index contributed by atoms with van der Waals surface area (Å²) in [4.78, 5) is 10.1. The van der Waals surface area contributed by atoms with E-state index in [4.69, 9.17) is 4.18 Å². The molecule has 0 bridgehead atoms. The number of rotatable bonds is 4. The van der Waals surface area contributed by atoms with Crippen molar-refractivity contribution in [2.24, 2.45) is 0 Å². The molecule has 0 atom stereocenters. The summed E-state index contributed by atoms with van der Waals surface area (Å²) in [5, 5.41) is 11.0. The van der Waals surface area contributed by atoms with Crippen LogP contribution in [0.1, 0.15) is 17.5 Å². The predicted molar refractivity (Wildman–Crippen MR) is 85.3 cm³/mol. The predicted octanol–water partition coefficient (Wildman–Crippen LogP) is 3.43. The molecule has 0 fully saturated rings. The number of nitro benzene ring substituents is 1. The van der Waals surface area contributed by atoms with Gasteiger partial charge in [-0.25, -0.2) is 4.39 Å². The quantitative estimate of drug-likeness (QED) is 0.479. The summed E-state index contributed by atoms with van der Waals surface area (Å²) in [6.45, 7) is 0. The van der Waals surface area contributed by atoms with Gasteiger partial charge in [0.25, 0.3) is 0 Å². The van der Waals surface area contributed by atoms with E-state index in [2.05, 4.69) is 0 Å². The molecule has 24 heavy (non-hydrogen) atoms. The lowest BCUT2D eigenvalue weighted by atomic mass is 9.98. The van der Waals surface area contributed by atoms with E-state index < -0.39 is 32.3 Å². The first-order valence-corrected chi connectivity index (χ1v) is 8.44. The van der Waals surface area contributed by atoms with E-state index in [0.717, 1.165) is 23.3 Å². The van der Waals surface area contributed by atoms with E-state index >= 15 is 0 Å². The van der Waals surface area contributed by atoms with Crippen LogP contribution in [0.15, 0.2) is 47.4 Å². The minimum atomic E-state index is -4.26. The van der Waals surface area contributed by atoms with Gasteiger partial charge in [0, 0.05) is 12.1 Å². The highest BCUT2D eigenvalue weighted by Gasteiger charge is 2.27. The summed E-state index contributed by atoms with van der Waals surface area (Å²) < 4.78 is 43.0. The number of hydrogen-bond donors (Lipinski definition) is 0. The molecule has 0 aliphatic heterocycles. The average Bonchev–Trinajstić information content (AvgIpc) is 2.53. The lowest BCUT2D eigenvalue weighted by Crippen LogP contribution is -2.15. The number of aryl methyl sites for hydroxylation is 1. The summed E-state index contributed by atoms with van der Waals surface area (Å²) in [7, 11) is -4.26. The van der Waals surface area contributed by atoms with Crippen molar-refractivity contribution >= 4 is 21.9 Å². The number of fused-ring (bicyclic) bond motifs is 1. The Morgan fingerprint density at radius 2 is 1.88 bits per heavy atom. The Hall–Kier alpha value is -2.74. The van der Waals surface area contributed by atoms with Crippen molar-refractivity contribution in [2.45, 2.75) is 12.8 Å².